The van der Waals surface area contributed by atoms with Gasteiger partial charge in [-0.25, -0.2) is 10.4 Å². The van der Waals surface area contributed by atoms with E-state index in [9.17, 15) is 20.2 Å². The quantitative estimate of drug-likeness (QED) is 0.169. The molecule has 0 radical (unpaired) electrons. The van der Waals surface area contributed by atoms with Gasteiger partial charge in [0.2, 0.25) is 0 Å². The lowest BCUT2D eigenvalue weighted by Crippen LogP contribution is -2.19. The molecule has 0 atom stereocenters. The number of benzene rings is 3. The van der Waals surface area contributed by atoms with Crippen LogP contribution in [0, 0.1) is 21.4 Å². The molecule has 0 bridgehead atoms. The van der Waals surface area contributed by atoms with E-state index in [-0.39, 0.29) is 28.7 Å². The van der Waals surface area contributed by atoms with Crippen molar-refractivity contribution in [2.24, 2.45) is 5.10 Å². The van der Waals surface area contributed by atoms with Crippen LogP contribution in [-0.2, 0) is 4.79 Å². The first-order valence-corrected chi connectivity index (χ1v) is 10.8. The molecule has 11 heteroatoms. The number of hydrazone groups is 1. The normalized spacial score (nSPS) is 10.8. The molecule has 3 aromatic carbocycles. The first kappa shape index (κ1) is 22.5. The summed E-state index contributed by atoms with van der Waals surface area (Å²) in [5, 5.41) is 24.4. The van der Waals surface area contributed by atoms with Gasteiger partial charge in [-0.3, -0.25) is 14.9 Å². The largest absolute Gasteiger partial charge is 0.456 e. The van der Waals surface area contributed by atoms with Crippen molar-refractivity contribution in [3.8, 4) is 17.6 Å². The summed E-state index contributed by atoms with van der Waals surface area (Å²) in [6, 6.07) is 19.7. The highest BCUT2D eigenvalue weighted by atomic mass is 32.2. The number of rotatable bonds is 8. The summed E-state index contributed by atoms with van der Waals surface area (Å²) in [6.07, 6.45) is 1.47. The average Bonchev–Trinajstić information content (AvgIpc) is 3.27. The molecule has 0 fully saturated rings. The Kier molecular flexibility index (Phi) is 6.81. The van der Waals surface area contributed by atoms with Crippen molar-refractivity contribution in [2.75, 3.05) is 5.75 Å². The Morgan fingerprint density at radius 1 is 1.24 bits per heavy atom. The Balaban J connectivity index is 1.29. The summed E-state index contributed by atoms with van der Waals surface area (Å²) in [5.74, 6) is 0.415. The maximum atomic E-state index is 12.0. The Labute approximate surface area is 197 Å². The SMILES string of the molecule is N#Cc1cc([N+](=O)[O-])ccc1Oc1ccc(/C=N\NC(=O)CSc2nc3ccccc3o2)cc1. The number of nitro benzene ring substituents is 1. The molecular weight excluding hydrogens is 458 g/mol. The van der Waals surface area contributed by atoms with Crippen LogP contribution in [0.25, 0.3) is 11.1 Å². The fraction of sp³-hybridized carbons (Fsp3) is 0.0435. The van der Waals surface area contributed by atoms with Crippen molar-refractivity contribution in [3.63, 3.8) is 0 Å². The summed E-state index contributed by atoms with van der Waals surface area (Å²) in [6.45, 7) is 0. The molecule has 0 spiro atoms. The number of nitriles is 1. The molecule has 4 rings (SSSR count). The van der Waals surface area contributed by atoms with Crippen molar-refractivity contribution < 1.29 is 18.9 Å². The fourth-order valence-electron chi connectivity index (χ4n) is 2.81. The number of hydrogen-bond acceptors (Lipinski definition) is 9. The van der Waals surface area contributed by atoms with Gasteiger partial charge in [0.05, 0.1) is 16.9 Å². The van der Waals surface area contributed by atoms with Crippen LogP contribution in [-0.4, -0.2) is 27.8 Å². The smallest absolute Gasteiger partial charge is 0.271 e. The number of nitrogens with zero attached hydrogens (tertiary/aromatic N) is 4. The van der Waals surface area contributed by atoms with E-state index in [1.165, 1.54) is 30.1 Å². The molecule has 0 saturated heterocycles. The highest BCUT2D eigenvalue weighted by Gasteiger charge is 2.12. The Hall–Kier alpha value is -4.69. The number of thioether (sulfide) groups is 1. The molecule has 0 aliphatic rings. The third-order valence-electron chi connectivity index (χ3n) is 4.41. The number of oxazole rings is 1. The zero-order valence-corrected chi connectivity index (χ0v) is 18.2. The number of carbonyl (C=O) groups is 1. The average molecular weight is 473 g/mol. The first-order chi connectivity index (χ1) is 16.5. The van der Waals surface area contributed by atoms with Gasteiger partial charge in [0.15, 0.2) is 5.58 Å². The molecule has 1 N–H and O–H groups in total. The van der Waals surface area contributed by atoms with Crippen LogP contribution in [0.2, 0.25) is 0 Å². The van der Waals surface area contributed by atoms with Gasteiger partial charge in [0.1, 0.15) is 28.6 Å². The van der Waals surface area contributed by atoms with Crippen molar-refractivity contribution in [1.29, 1.82) is 5.26 Å². The number of aromatic nitrogens is 1. The van der Waals surface area contributed by atoms with Crippen LogP contribution in [0.1, 0.15) is 11.1 Å². The Morgan fingerprint density at radius 3 is 2.76 bits per heavy atom. The first-order valence-electron chi connectivity index (χ1n) is 9.78. The lowest BCUT2D eigenvalue weighted by molar-refractivity contribution is -0.384. The molecule has 1 amide bonds. The van der Waals surface area contributed by atoms with E-state index >= 15 is 0 Å². The maximum absolute atomic E-state index is 12.0. The minimum Gasteiger partial charge on any atom is -0.456 e. The predicted octanol–water partition coefficient (Wildman–Crippen LogP) is 4.64. The highest BCUT2D eigenvalue weighted by Crippen LogP contribution is 2.28. The van der Waals surface area contributed by atoms with Gasteiger partial charge in [-0.1, -0.05) is 23.9 Å². The standard InChI is InChI=1S/C23H15N5O5S/c24-12-16-11-17(28(30)31)7-10-20(16)32-18-8-5-15(6-9-18)13-25-27-22(29)14-34-23-26-19-3-1-2-4-21(19)33-23/h1-11,13H,14H2,(H,27,29)/b25-13-. The van der Waals surface area contributed by atoms with Gasteiger partial charge in [-0.15, -0.1) is 0 Å². The summed E-state index contributed by atoms with van der Waals surface area (Å²) in [5.41, 5.74) is 4.39. The van der Waals surface area contributed by atoms with E-state index in [1.807, 2.05) is 24.3 Å². The van der Waals surface area contributed by atoms with E-state index in [1.54, 1.807) is 30.3 Å². The van der Waals surface area contributed by atoms with Gasteiger partial charge in [0, 0.05) is 12.1 Å². The summed E-state index contributed by atoms with van der Waals surface area (Å²) in [7, 11) is 0. The number of amides is 1. The molecule has 0 aliphatic carbocycles. The molecule has 10 nitrogen and oxygen atoms in total. The lowest BCUT2D eigenvalue weighted by atomic mass is 10.2. The number of fused-ring (bicyclic) bond motifs is 1. The van der Waals surface area contributed by atoms with Crippen LogP contribution < -0.4 is 10.2 Å². The van der Waals surface area contributed by atoms with Crippen LogP contribution in [0.5, 0.6) is 11.5 Å². The van der Waals surface area contributed by atoms with E-state index < -0.39 is 4.92 Å². The predicted molar refractivity (Wildman–Crippen MR) is 125 cm³/mol. The van der Waals surface area contributed by atoms with Gasteiger partial charge in [-0.2, -0.15) is 10.4 Å². The topological polar surface area (TPSA) is 144 Å². The van der Waals surface area contributed by atoms with E-state index in [2.05, 4.69) is 15.5 Å². The molecule has 0 saturated carbocycles. The van der Waals surface area contributed by atoms with Crippen molar-refractivity contribution in [3.05, 3.63) is 88.0 Å². The van der Waals surface area contributed by atoms with E-state index in [4.69, 9.17) is 9.15 Å². The van der Waals surface area contributed by atoms with Crippen LogP contribution in [0.3, 0.4) is 0 Å². The number of non-ortho nitro benzene ring substituents is 1. The number of ether oxygens (including phenoxy) is 1. The monoisotopic (exact) mass is 473 g/mol. The minimum atomic E-state index is -0.577. The van der Waals surface area contributed by atoms with Crippen molar-refractivity contribution >= 4 is 40.7 Å². The fourth-order valence-corrected chi connectivity index (χ4v) is 3.44. The van der Waals surface area contributed by atoms with Gasteiger partial charge < -0.3 is 9.15 Å². The van der Waals surface area contributed by atoms with Crippen molar-refractivity contribution in [1.82, 2.24) is 10.4 Å². The zero-order valence-electron chi connectivity index (χ0n) is 17.4. The number of para-hydroxylation sites is 2. The second kappa shape index (κ2) is 10.3. The van der Waals surface area contributed by atoms with E-state index in [0.29, 0.717) is 22.1 Å². The summed E-state index contributed by atoms with van der Waals surface area (Å²) >= 11 is 1.17. The van der Waals surface area contributed by atoms with Crippen LogP contribution in [0.15, 0.2) is 81.5 Å². The van der Waals surface area contributed by atoms with Crippen molar-refractivity contribution in [2.45, 2.75) is 5.22 Å². The second-order valence-corrected chi connectivity index (χ2v) is 7.68. The summed E-state index contributed by atoms with van der Waals surface area (Å²) < 4.78 is 11.2. The Morgan fingerprint density at radius 2 is 2.03 bits per heavy atom. The molecule has 0 aliphatic heterocycles. The molecular formula is C23H15N5O5S. The number of nitrogens with one attached hydrogen (secondary N) is 1. The minimum absolute atomic E-state index is 0.0540. The maximum Gasteiger partial charge on any atom is 0.271 e. The summed E-state index contributed by atoms with van der Waals surface area (Å²) in [4.78, 5) is 26.6. The molecule has 4 aromatic rings. The highest BCUT2D eigenvalue weighted by molar-refractivity contribution is 7.99. The second-order valence-electron chi connectivity index (χ2n) is 6.75. The number of hydrogen-bond donors (Lipinski definition) is 1. The molecule has 1 aromatic heterocycles. The lowest BCUT2D eigenvalue weighted by Gasteiger charge is -2.07. The molecule has 168 valence electrons. The van der Waals surface area contributed by atoms with Gasteiger partial charge in [-0.05, 0) is 48.0 Å². The van der Waals surface area contributed by atoms with Crippen LogP contribution >= 0.6 is 11.8 Å². The molecule has 34 heavy (non-hydrogen) atoms. The van der Waals surface area contributed by atoms with Crippen LogP contribution in [0.4, 0.5) is 5.69 Å². The van der Waals surface area contributed by atoms with Gasteiger partial charge >= 0.3 is 0 Å². The number of carbonyl (C=O) groups excluding carboxylic acids is 1. The third-order valence-corrected chi connectivity index (χ3v) is 5.23. The zero-order chi connectivity index (χ0) is 23.9. The number of nitro groups is 1. The van der Waals surface area contributed by atoms with Gasteiger partial charge in [0.25, 0.3) is 16.8 Å². The molecule has 0 unspecified atom stereocenters. The Bertz CT molecular complexity index is 1390. The third kappa shape index (κ3) is 5.56. The van der Waals surface area contributed by atoms with E-state index in [0.717, 1.165) is 11.6 Å². The molecule has 1 heterocycles.